The van der Waals surface area contributed by atoms with Crippen LogP contribution in [0, 0.1) is 5.92 Å². The zero-order chi connectivity index (χ0) is 22.1. The second-order valence-electron chi connectivity index (χ2n) is 8.28. The number of nitrogens with one attached hydrogen (secondary N) is 1. The molecule has 3 heterocycles. The van der Waals surface area contributed by atoms with Gasteiger partial charge in [-0.15, -0.1) is 0 Å². The molecule has 0 radical (unpaired) electrons. The smallest absolute Gasteiger partial charge is 0.292 e. The molecule has 168 valence electrons. The van der Waals surface area contributed by atoms with Crippen molar-refractivity contribution < 1.29 is 18.3 Å². The van der Waals surface area contributed by atoms with Gasteiger partial charge in [0.05, 0.1) is 41.3 Å². The maximum absolute atomic E-state index is 12.8. The molecular weight excluding hydrogens is 442 g/mol. The number of nitrogens with zero attached hydrogens (tertiary/aromatic N) is 2. The van der Waals surface area contributed by atoms with Crippen molar-refractivity contribution in [3.05, 3.63) is 51.4 Å². The zero-order valence-corrected chi connectivity index (χ0v) is 18.7. The van der Waals surface area contributed by atoms with Crippen molar-refractivity contribution in [3.8, 4) is 5.69 Å². The van der Waals surface area contributed by atoms with E-state index < -0.39 is 21.0 Å². The summed E-state index contributed by atoms with van der Waals surface area (Å²) in [5.74, 6) is 0.299. The van der Waals surface area contributed by atoms with E-state index in [2.05, 4.69) is 10.4 Å². The SMILES string of the molecule is O=c1c(Cl)c(NCC2CCCOC2)cnn1-c1ccc(C2(O)CCS(=O)(=O)CC2)cc1. The number of hydrogen-bond acceptors (Lipinski definition) is 7. The van der Waals surface area contributed by atoms with Crippen LogP contribution >= 0.6 is 11.6 Å². The Morgan fingerprint density at radius 2 is 1.97 bits per heavy atom. The minimum absolute atomic E-state index is 0.0384. The Labute approximate surface area is 186 Å². The van der Waals surface area contributed by atoms with E-state index in [0.717, 1.165) is 19.4 Å². The van der Waals surface area contributed by atoms with Crippen molar-refractivity contribution in [2.24, 2.45) is 5.92 Å². The van der Waals surface area contributed by atoms with Gasteiger partial charge in [-0.25, -0.2) is 8.42 Å². The lowest BCUT2D eigenvalue weighted by atomic mass is 9.88. The third kappa shape index (κ3) is 4.95. The molecule has 0 aliphatic carbocycles. The molecule has 0 spiro atoms. The Balaban J connectivity index is 1.49. The van der Waals surface area contributed by atoms with Gasteiger partial charge in [0, 0.05) is 13.2 Å². The molecule has 1 aromatic carbocycles. The van der Waals surface area contributed by atoms with E-state index in [1.165, 1.54) is 10.9 Å². The molecule has 1 aromatic heterocycles. The first-order chi connectivity index (χ1) is 14.8. The highest BCUT2D eigenvalue weighted by atomic mass is 35.5. The molecular formula is C21H26ClN3O5S. The minimum atomic E-state index is -3.08. The van der Waals surface area contributed by atoms with Gasteiger partial charge in [-0.2, -0.15) is 9.78 Å². The van der Waals surface area contributed by atoms with Gasteiger partial charge in [-0.05, 0) is 49.3 Å². The molecule has 2 aromatic rings. The molecule has 0 bridgehead atoms. The largest absolute Gasteiger partial charge is 0.385 e. The van der Waals surface area contributed by atoms with Gasteiger partial charge in [0.2, 0.25) is 0 Å². The number of aliphatic hydroxyl groups is 1. The number of ether oxygens (including phenoxy) is 1. The van der Waals surface area contributed by atoms with E-state index in [1.807, 2.05) is 0 Å². The lowest BCUT2D eigenvalue weighted by Crippen LogP contribution is -2.36. The molecule has 1 atom stereocenters. The van der Waals surface area contributed by atoms with Gasteiger partial charge in [0.25, 0.3) is 5.56 Å². The fourth-order valence-corrected chi connectivity index (χ4v) is 5.74. The van der Waals surface area contributed by atoms with Gasteiger partial charge in [0.15, 0.2) is 9.84 Å². The summed E-state index contributed by atoms with van der Waals surface area (Å²) in [6, 6.07) is 6.75. The van der Waals surface area contributed by atoms with Crippen LogP contribution in [-0.2, 0) is 20.2 Å². The maximum Gasteiger partial charge on any atom is 0.292 e. The van der Waals surface area contributed by atoms with Crippen LogP contribution in [0.4, 0.5) is 5.69 Å². The molecule has 1 unspecified atom stereocenters. The summed E-state index contributed by atoms with van der Waals surface area (Å²) in [6.07, 6.45) is 3.94. The third-order valence-corrected chi connectivity index (χ3v) is 8.07. The van der Waals surface area contributed by atoms with Crippen LogP contribution in [-0.4, -0.2) is 54.6 Å². The Morgan fingerprint density at radius 3 is 2.61 bits per heavy atom. The number of halogens is 1. The fourth-order valence-electron chi connectivity index (χ4n) is 4.04. The molecule has 10 heteroatoms. The summed E-state index contributed by atoms with van der Waals surface area (Å²) in [6.45, 7) is 2.15. The monoisotopic (exact) mass is 467 g/mol. The lowest BCUT2D eigenvalue weighted by Gasteiger charge is -2.32. The molecule has 2 aliphatic rings. The molecule has 0 amide bonds. The average molecular weight is 468 g/mol. The van der Waals surface area contributed by atoms with Crippen LogP contribution < -0.4 is 10.9 Å². The Morgan fingerprint density at radius 1 is 1.26 bits per heavy atom. The Kier molecular flexibility index (Phi) is 6.39. The minimum Gasteiger partial charge on any atom is -0.385 e. The first kappa shape index (κ1) is 22.3. The predicted molar refractivity (Wildman–Crippen MR) is 119 cm³/mol. The topological polar surface area (TPSA) is 111 Å². The summed E-state index contributed by atoms with van der Waals surface area (Å²) in [5.41, 5.74) is -0.00550. The van der Waals surface area contributed by atoms with Gasteiger partial charge in [-0.3, -0.25) is 4.79 Å². The Bertz CT molecular complexity index is 1080. The van der Waals surface area contributed by atoms with Crippen molar-refractivity contribution in [1.29, 1.82) is 0 Å². The zero-order valence-electron chi connectivity index (χ0n) is 17.1. The molecule has 2 N–H and O–H groups in total. The van der Waals surface area contributed by atoms with Crippen molar-refractivity contribution in [1.82, 2.24) is 9.78 Å². The molecule has 2 aliphatic heterocycles. The predicted octanol–water partition coefficient (Wildman–Crippen LogP) is 2.12. The molecule has 8 nitrogen and oxygen atoms in total. The van der Waals surface area contributed by atoms with Crippen LogP contribution in [0.1, 0.15) is 31.2 Å². The van der Waals surface area contributed by atoms with E-state index >= 15 is 0 Å². The summed E-state index contributed by atoms with van der Waals surface area (Å²) in [4.78, 5) is 12.8. The highest BCUT2D eigenvalue weighted by Gasteiger charge is 2.36. The molecule has 0 saturated carbocycles. The summed E-state index contributed by atoms with van der Waals surface area (Å²) in [7, 11) is -3.08. The number of aromatic nitrogens is 2. The van der Waals surface area contributed by atoms with Gasteiger partial charge < -0.3 is 15.2 Å². The lowest BCUT2D eigenvalue weighted by molar-refractivity contribution is 0.0263. The van der Waals surface area contributed by atoms with Crippen LogP contribution in [0.15, 0.2) is 35.3 Å². The Hall–Kier alpha value is -1.94. The van der Waals surface area contributed by atoms with E-state index in [4.69, 9.17) is 16.3 Å². The normalized spacial score (nSPS) is 22.7. The van der Waals surface area contributed by atoms with E-state index in [9.17, 15) is 18.3 Å². The molecule has 31 heavy (non-hydrogen) atoms. The molecule has 4 rings (SSSR count). The van der Waals surface area contributed by atoms with Crippen molar-refractivity contribution in [2.75, 3.05) is 36.6 Å². The van der Waals surface area contributed by atoms with Crippen molar-refractivity contribution in [3.63, 3.8) is 0 Å². The summed E-state index contributed by atoms with van der Waals surface area (Å²) < 4.78 is 30.0. The van der Waals surface area contributed by atoms with E-state index in [0.29, 0.717) is 36.0 Å². The van der Waals surface area contributed by atoms with E-state index in [1.54, 1.807) is 24.3 Å². The number of anilines is 1. The van der Waals surface area contributed by atoms with Crippen molar-refractivity contribution in [2.45, 2.75) is 31.3 Å². The summed E-state index contributed by atoms with van der Waals surface area (Å²) in [5, 5.41) is 18.3. The van der Waals surface area contributed by atoms with Gasteiger partial charge >= 0.3 is 0 Å². The third-order valence-electron chi connectivity index (χ3n) is 6.06. The van der Waals surface area contributed by atoms with Crippen LogP contribution in [0.25, 0.3) is 5.69 Å². The van der Waals surface area contributed by atoms with Crippen LogP contribution in [0.5, 0.6) is 0 Å². The molecule has 2 saturated heterocycles. The van der Waals surface area contributed by atoms with Gasteiger partial charge in [0.1, 0.15) is 5.02 Å². The number of hydrogen-bond donors (Lipinski definition) is 2. The second-order valence-corrected chi connectivity index (χ2v) is 11.0. The summed E-state index contributed by atoms with van der Waals surface area (Å²) >= 11 is 6.30. The van der Waals surface area contributed by atoms with Crippen LogP contribution in [0.2, 0.25) is 5.02 Å². The highest BCUT2D eigenvalue weighted by Crippen LogP contribution is 2.34. The van der Waals surface area contributed by atoms with E-state index in [-0.39, 0.29) is 29.4 Å². The highest BCUT2D eigenvalue weighted by molar-refractivity contribution is 7.91. The van der Waals surface area contributed by atoms with Gasteiger partial charge in [-0.1, -0.05) is 23.7 Å². The number of rotatable bonds is 5. The number of sulfone groups is 1. The number of benzene rings is 1. The van der Waals surface area contributed by atoms with Crippen molar-refractivity contribution >= 4 is 27.1 Å². The first-order valence-electron chi connectivity index (χ1n) is 10.4. The maximum atomic E-state index is 12.8. The standard InChI is InChI=1S/C21H26ClN3O5S/c22-19-18(23-12-15-2-1-9-30-14-15)13-24-25(20(19)26)17-5-3-16(4-6-17)21(27)7-10-31(28,29)11-8-21/h3-6,13,15,23,27H,1-2,7-12,14H2. The first-order valence-corrected chi connectivity index (χ1v) is 12.6. The molecule has 2 fully saturated rings. The van der Waals surface area contributed by atoms with Crippen LogP contribution in [0.3, 0.4) is 0 Å². The quantitative estimate of drug-likeness (QED) is 0.692. The second kappa shape index (κ2) is 8.90. The fraction of sp³-hybridized carbons (Fsp3) is 0.524. The average Bonchev–Trinajstić information content (AvgIpc) is 2.78.